The van der Waals surface area contributed by atoms with Crippen LogP contribution in [0.25, 0.3) is 71.6 Å². The molecule has 0 unspecified atom stereocenters. The van der Waals surface area contributed by atoms with E-state index >= 15 is 0 Å². The minimum absolute atomic E-state index is 0.279. The second-order valence-electron chi connectivity index (χ2n) is 18.1. The van der Waals surface area contributed by atoms with Gasteiger partial charge in [0.1, 0.15) is 0 Å². The third kappa shape index (κ3) is 6.07. The summed E-state index contributed by atoms with van der Waals surface area (Å²) in [7, 11) is 0. The quantitative estimate of drug-likeness (QED) is 0.148. The predicted octanol–water partition coefficient (Wildman–Crippen LogP) is 16.9. The summed E-state index contributed by atoms with van der Waals surface area (Å²) in [6, 6.07) is 68.2. The van der Waals surface area contributed by atoms with Crippen molar-refractivity contribution >= 4 is 49.6 Å². The van der Waals surface area contributed by atoms with Crippen molar-refractivity contribution in [1.82, 2.24) is 4.57 Å². The van der Waals surface area contributed by atoms with Gasteiger partial charge in [0, 0.05) is 38.6 Å². The fourth-order valence-corrected chi connectivity index (χ4v) is 10.8. The Morgan fingerprint density at radius 2 is 1.02 bits per heavy atom. The molecule has 2 heteroatoms. The lowest BCUT2D eigenvalue weighted by Crippen LogP contribution is -2.17. The Hall–Kier alpha value is -7.16. The van der Waals surface area contributed by atoms with Gasteiger partial charge in [0.05, 0.1) is 16.7 Å². The second-order valence-corrected chi connectivity index (χ2v) is 18.1. The lowest BCUT2D eigenvalue weighted by molar-refractivity contribution is 0.660. The standard InChI is InChI=1S/C61H52N2/c1-7-19-42-32-33-43(36-53(42)46-23-11-9-21-40(46)3)62(56-31-18-28-47(41(56)4)45-22-10-8-20-39(45)2)44-34-35-52-54(37-44)61(5,6)55-38-59(50-26-12-13-27-51(50)60(52)55)63-57-29-16-14-24-48(57)49-25-15-17-30-58(49)63/h8-18,20-38H,7,19H2,1-6H3. The highest BCUT2D eigenvalue weighted by molar-refractivity contribution is 6.13. The number of anilines is 3. The Labute approximate surface area is 371 Å². The van der Waals surface area contributed by atoms with Crippen LogP contribution in [0.3, 0.4) is 0 Å². The molecule has 1 aliphatic carbocycles. The van der Waals surface area contributed by atoms with Crippen LogP contribution in [0.5, 0.6) is 0 Å². The molecule has 10 aromatic rings. The molecule has 0 bridgehead atoms. The molecule has 0 saturated heterocycles. The Balaban J connectivity index is 1.14. The van der Waals surface area contributed by atoms with Gasteiger partial charge in [-0.3, -0.25) is 0 Å². The minimum Gasteiger partial charge on any atom is -0.310 e. The maximum Gasteiger partial charge on any atom is 0.0544 e. The first-order valence-corrected chi connectivity index (χ1v) is 22.6. The highest BCUT2D eigenvalue weighted by atomic mass is 15.1. The third-order valence-electron chi connectivity index (χ3n) is 14.0. The first kappa shape index (κ1) is 38.7. The van der Waals surface area contributed by atoms with Gasteiger partial charge < -0.3 is 9.47 Å². The largest absolute Gasteiger partial charge is 0.310 e. The molecule has 1 aromatic heterocycles. The molecular weight excluding hydrogens is 761 g/mol. The lowest BCUT2D eigenvalue weighted by atomic mass is 9.81. The van der Waals surface area contributed by atoms with Crippen molar-refractivity contribution in [1.29, 1.82) is 0 Å². The summed E-state index contributed by atoms with van der Waals surface area (Å²) in [5.74, 6) is 0. The van der Waals surface area contributed by atoms with Gasteiger partial charge in [-0.1, -0.05) is 161 Å². The van der Waals surface area contributed by atoms with Crippen LogP contribution in [-0.2, 0) is 11.8 Å². The average Bonchev–Trinajstić information content (AvgIpc) is 3.75. The van der Waals surface area contributed by atoms with E-state index in [1.807, 2.05) is 0 Å². The van der Waals surface area contributed by atoms with Crippen molar-refractivity contribution in [3.8, 4) is 39.1 Å². The summed E-state index contributed by atoms with van der Waals surface area (Å²) in [4.78, 5) is 2.52. The Morgan fingerprint density at radius 1 is 0.460 bits per heavy atom. The summed E-state index contributed by atoms with van der Waals surface area (Å²) < 4.78 is 2.50. The van der Waals surface area contributed by atoms with E-state index in [0.29, 0.717) is 0 Å². The van der Waals surface area contributed by atoms with Gasteiger partial charge in [0.25, 0.3) is 0 Å². The highest BCUT2D eigenvalue weighted by Gasteiger charge is 2.38. The Morgan fingerprint density at radius 3 is 1.68 bits per heavy atom. The molecule has 2 nitrogen and oxygen atoms in total. The van der Waals surface area contributed by atoms with Gasteiger partial charge in [0.15, 0.2) is 0 Å². The maximum absolute atomic E-state index is 2.52. The number of aromatic nitrogens is 1. The summed E-state index contributed by atoms with van der Waals surface area (Å²) in [6.45, 7) is 13.9. The van der Waals surface area contributed by atoms with Crippen molar-refractivity contribution in [2.45, 2.75) is 59.8 Å². The van der Waals surface area contributed by atoms with Gasteiger partial charge >= 0.3 is 0 Å². The minimum atomic E-state index is -0.279. The molecule has 306 valence electrons. The smallest absolute Gasteiger partial charge is 0.0544 e. The summed E-state index contributed by atoms with van der Waals surface area (Å²) in [6.07, 6.45) is 2.12. The van der Waals surface area contributed by atoms with E-state index < -0.39 is 0 Å². The first-order chi connectivity index (χ1) is 30.7. The second kappa shape index (κ2) is 15.0. The molecule has 0 saturated carbocycles. The zero-order valence-electron chi connectivity index (χ0n) is 37.1. The number of hydrogen-bond acceptors (Lipinski definition) is 1. The van der Waals surface area contributed by atoms with E-state index in [9.17, 15) is 0 Å². The van der Waals surface area contributed by atoms with Gasteiger partial charge in [-0.15, -0.1) is 0 Å². The van der Waals surface area contributed by atoms with Gasteiger partial charge in [-0.25, -0.2) is 0 Å². The van der Waals surface area contributed by atoms with Crippen molar-refractivity contribution in [3.05, 3.63) is 215 Å². The molecule has 0 amide bonds. The van der Waals surface area contributed by atoms with Crippen molar-refractivity contribution in [3.63, 3.8) is 0 Å². The van der Waals surface area contributed by atoms with Gasteiger partial charge in [-0.05, 0) is 148 Å². The fourth-order valence-electron chi connectivity index (χ4n) is 10.8. The summed E-state index contributed by atoms with van der Waals surface area (Å²) in [5, 5.41) is 5.11. The molecular formula is C61H52N2. The fraction of sp³-hybridized carbons (Fsp3) is 0.148. The van der Waals surface area contributed by atoms with Crippen LogP contribution in [0.2, 0.25) is 0 Å². The average molecular weight is 813 g/mol. The number of fused-ring (bicyclic) bond motifs is 8. The number of aryl methyl sites for hydroxylation is 3. The van der Waals surface area contributed by atoms with Crippen LogP contribution in [0.1, 0.15) is 60.6 Å². The maximum atomic E-state index is 2.52. The normalized spacial score (nSPS) is 12.9. The van der Waals surface area contributed by atoms with Crippen LogP contribution >= 0.6 is 0 Å². The molecule has 1 aliphatic rings. The first-order valence-electron chi connectivity index (χ1n) is 22.6. The molecule has 1 heterocycles. The van der Waals surface area contributed by atoms with Crippen LogP contribution in [-0.4, -0.2) is 4.57 Å². The molecule has 0 aliphatic heterocycles. The molecule has 0 atom stereocenters. The lowest BCUT2D eigenvalue weighted by Gasteiger charge is -2.31. The molecule has 0 spiro atoms. The van der Waals surface area contributed by atoms with Crippen LogP contribution in [0, 0.1) is 20.8 Å². The van der Waals surface area contributed by atoms with E-state index in [2.05, 4.69) is 233 Å². The molecule has 63 heavy (non-hydrogen) atoms. The number of para-hydroxylation sites is 2. The highest BCUT2D eigenvalue weighted by Crippen LogP contribution is 2.55. The van der Waals surface area contributed by atoms with Gasteiger partial charge in [0.2, 0.25) is 0 Å². The van der Waals surface area contributed by atoms with Crippen molar-refractivity contribution < 1.29 is 0 Å². The SMILES string of the molecule is CCCc1ccc(N(c2ccc3c(c2)C(C)(C)c2cc(-n4c5ccccc5c5ccccc54)c4ccccc4c2-3)c2cccc(-c3ccccc3C)c2C)cc1-c1ccccc1C. The summed E-state index contributed by atoms with van der Waals surface area (Å²) >= 11 is 0. The number of benzene rings is 9. The van der Waals surface area contributed by atoms with E-state index in [1.165, 1.54) is 111 Å². The van der Waals surface area contributed by atoms with E-state index in [-0.39, 0.29) is 5.41 Å². The van der Waals surface area contributed by atoms with Gasteiger partial charge in [-0.2, -0.15) is 0 Å². The van der Waals surface area contributed by atoms with Crippen LogP contribution < -0.4 is 4.90 Å². The van der Waals surface area contributed by atoms with Crippen LogP contribution in [0.4, 0.5) is 17.1 Å². The molecule has 0 N–H and O–H groups in total. The van der Waals surface area contributed by atoms with Crippen molar-refractivity contribution in [2.24, 2.45) is 0 Å². The molecule has 9 aromatic carbocycles. The Kier molecular flexibility index (Phi) is 9.24. The van der Waals surface area contributed by atoms with Crippen molar-refractivity contribution in [2.75, 3.05) is 4.90 Å². The zero-order valence-corrected chi connectivity index (χ0v) is 37.1. The van der Waals surface area contributed by atoms with E-state index in [0.717, 1.165) is 24.2 Å². The molecule has 0 fully saturated rings. The topological polar surface area (TPSA) is 8.17 Å². The van der Waals surface area contributed by atoms with Crippen LogP contribution in [0.15, 0.2) is 182 Å². The number of nitrogens with zero attached hydrogens (tertiary/aromatic N) is 2. The number of rotatable bonds is 8. The Bertz CT molecular complexity index is 3380. The molecule has 0 radical (unpaired) electrons. The summed E-state index contributed by atoms with van der Waals surface area (Å²) in [5.41, 5.74) is 22.6. The number of hydrogen-bond donors (Lipinski definition) is 0. The molecule has 11 rings (SSSR count). The van der Waals surface area contributed by atoms with E-state index in [4.69, 9.17) is 0 Å². The van der Waals surface area contributed by atoms with E-state index in [1.54, 1.807) is 0 Å². The monoisotopic (exact) mass is 812 g/mol. The third-order valence-corrected chi connectivity index (χ3v) is 14.0. The zero-order chi connectivity index (χ0) is 43.0. The predicted molar refractivity (Wildman–Crippen MR) is 270 cm³/mol.